The molecule has 4 heteroatoms. The smallest absolute Gasteiger partial charge is 0.253 e. The Morgan fingerprint density at radius 3 is 3.00 bits per heavy atom. The van der Waals surface area contributed by atoms with E-state index >= 15 is 0 Å². The Morgan fingerprint density at radius 2 is 2.23 bits per heavy atom. The number of amides is 1. The lowest BCUT2D eigenvalue weighted by atomic mass is 10.0. The number of benzene rings is 1. The van der Waals surface area contributed by atoms with Crippen molar-refractivity contribution in [2.75, 3.05) is 6.54 Å². The Labute approximate surface area is 89.4 Å². The maximum absolute atomic E-state index is 11.4. The summed E-state index contributed by atoms with van der Waals surface area (Å²) in [5.41, 5.74) is 1.64. The maximum atomic E-state index is 11.4. The first-order valence-corrected chi connectivity index (χ1v) is 5.12. The molecule has 2 nitrogen and oxygen atoms in total. The van der Waals surface area contributed by atoms with E-state index in [0.29, 0.717) is 17.1 Å². The predicted molar refractivity (Wildman–Crippen MR) is 55.2 cm³/mol. The van der Waals surface area contributed by atoms with Gasteiger partial charge in [0.05, 0.1) is 10.6 Å². The van der Waals surface area contributed by atoms with Crippen LogP contribution >= 0.6 is 27.5 Å². The quantitative estimate of drug-likeness (QED) is 0.762. The average molecular weight is 261 g/mol. The first-order chi connectivity index (χ1) is 6.20. The van der Waals surface area contributed by atoms with Gasteiger partial charge in [-0.05, 0) is 34.0 Å². The Bertz CT molecular complexity index is 378. The molecule has 0 unspecified atom stereocenters. The molecule has 0 aliphatic carbocycles. The van der Waals surface area contributed by atoms with E-state index in [0.717, 1.165) is 16.5 Å². The third kappa shape index (κ3) is 1.46. The van der Waals surface area contributed by atoms with Crippen molar-refractivity contribution in [2.24, 2.45) is 0 Å². The van der Waals surface area contributed by atoms with Crippen LogP contribution in [-0.2, 0) is 6.42 Å². The first-order valence-electron chi connectivity index (χ1n) is 3.95. The van der Waals surface area contributed by atoms with E-state index in [2.05, 4.69) is 21.2 Å². The molecule has 1 aromatic carbocycles. The molecule has 1 heterocycles. The molecule has 1 N–H and O–H groups in total. The summed E-state index contributed by atoms with van der Waals surface area (Å²) in [5, 5.41) is 3.27. The molecule has 0 aromatic heterocycles. The zero-order valence-corrected chi connectivity index (χ0v) is 9.08. The van der Waals surface area contributed by atoms with Crippen molar-refractivity contribution in [3.63, 3.8) is 0 Å². The Kier molecular flexibility index (Phi) is 2.30. The molecule has 1 aliphatic rings. The van der Waals surface area contributed by atoms with E-state index in [4.69, 9.17) is 11.6 Å². The minimum absolute atomic E-state index is 0.0763. The van der Waals surface area contributed by atoms with Crippen molar-refractivity contribution in [3.8, 4) is 0 Å². The number of rotatable bonds is 0. The number of fused-ring (bicyclic) bond motifs is 1. The van der Waals surface area contributed by atoms with Crippen LogP contribution in [0.3, 0.4) is 0 Å². The van der Waals surface area contributed by atoms with Crippen LogP contribution in [0.2, 0.25) is 5.02 Å². The van der Waals surface area contributed by atoms with Crippen molar-refractivity contribution in [3.05, 3.63) is 32.8 Å². The molecule has 1 amide bonds. The van der Waals surface area contributed by atoms with Crippen LogP contribution < -0.4 is 5.32 Å². The topological polar surface area (TPSA) is 29.1 Å². The SMILES string of the molecule is O=C1NCCc2ccc(Br)c(Cl)c21. The van der Waals surface area contributed by atoms with Gasteiger partial charge in [-0.2, -0.15) is 0 Å². The predicted octanol–water partition coefficient (Wildman–Crippen LogP) is 2.39. The molecule has 68 valence electrons. The van der Waals surface area contributed by atoms with Crippen molar-refractivity contribution < 1.29 is 4.79 Å². The standard InChI is InChI=1S/C9H7BrClNO/c10-6-2-1-5-3-4-12-9(13)7(5)8(6)11/h1-2H,3-4H2,(H,12,13). The average Bonchev–Trinajstić information content (AvgIpc) is 2.12. The largest absolute Gasteiger partial charge is 0.352 e. The highest BCUT2D eigenvalue weighted by atomic mass is 79.9. The fourth-order valence-electron chi connectivity index (χ4n) is 1.44. The van der Waals surface area contributed by atoms with Gasteiger partial charge in [0.15, 0.2) is 0 Å². The highest BCUT2D eigenvalue weighted by Gasteiger charge is 2.20. The molecular formula is C9H7BrClNO. The van der Waals surface area contributed by atoms with E-state index in [9.17, 15) is 4.79 Å². The molecule has 0 spiro atoms. The second kappa shape index (κ2) is 3.31. The summed E-state index contributed by atoms with van der Waals surface area (Å²) in [4.78, 5) is 11.4. The third-order valence-electron chi connectivity index (χ3n) is 2.09. The van der Waals surface area contributed by atoms with Crippen LogP contribution in [0.4, 0.5) is 0 Å². The molecule has 0 radical (unpaired) electrons. The van der Waals surface area contributed by atoms with Crippen molar-refractivity contribution >= 4 is 33.4 Å². The van der Waals surface area contributed by atoms with Crippen molar-refractivity contribution in [2.45, 2.75) is 6.42 Å². The second-order valence-electron chi connectivity index (χ2n) is 2.90. The van der Waals surface area contributed by atoms with Crippen molar-refractivity contribution in [1.82, 2.24) is 5.32 Å². The number of halogens is 2. The Hall–Kier alpha value is -0.540. The molecule has 1 aromatic rings. The molecule has 0 fully saturated rings. The summed E-state index contributed by atoms with van der Waals surface area (Å²) in [6.45, 7) is 0.698. The van der Waals surface area contributed by atoms with Gasteiger partial charge in [0, 0.05) is 11.0 Å². The zero-order valence-electron chi connectivity index (χ0n) is 6.73. The van der Waals surface area contributed by atoms with E-state index in [1.807, 2.05) is 12.1 Å². The number of nitrogens with one attached hydrogen (secondary N) is 1. The fraction of sp³-hybridized carbons (Fsp3) is 0.222. The van der Waals surface area contributed by atoms with Crippen LogP contribution in [-0.4, -0.2) is 12.5 Å². The summed E-state index contributed by atoms with van der Waals surface area (Å²) < 4.78 is 0.768. The van der Waals surface area contributed by atoms with Crippen LogP contribution in [0.15, 0.2) is 16.6 Å². The van der Waals surface area contributed by atoms with Crippen LogP contribution in [0.1, 0.15) is 15.9 Å². The molecule has 13 heavy (non-hydrogen) atoms. The number of carbonyl (C=O) groups is 1. The van der Waals surface area contributed by atoms with E-state index < -0.39 is 0 Å². The Balaban J connectivity index is 2.65. The molecule has 1 aliphatic heterocycles. The van der Waals surface area contributed by atoms with Gasteiger partial charge >= 0.3 is 0 Å². The highest BCUT2D eigenvalue weighted by molar-refractivity contribution is 9.10. The van der Waals surface area contributed by atoms with Gasteiger partial charge < -0.3 is 5.32 Å². The minimum atomic E-state index is -0.0763. The third-order valence-corrected chi connectivity index (χ3v) is 3.37. The Morgan fingerprint density at radius 1 is 1.46 bits per heavy atom. The molecular weight excluding hydrogens is 253 g/mol. The van der Waals surface area contributed by atoms with Gasteiger partial charge in [-0.15, -0.1) is 0 Å². The van der Waals surface area contributed by atoms with Gasteiger partial charge in [-0.3, -0.25) is 4.79 Å². The lowest BCUT2D eigenvalue weighted by Crippen LogP contribution is -2.32. The maximum Gasteiger partial charge on any atom is 0.253 e. The first kappa shape index (κ1) is 9.03. The normalized spacial score (nSPS) is 15.1. The van der Waals surface area contributed by atoms with E-state index in [1.165, 1.54) is 0 Å². The molecule has 0 bridgehead atoms. The van der Waals surface area contributed by atoms with Gasteiger partial charge in [-0.25, -0.2) is 0 Å². The highest BCUT2D eigenvalue weighted by Crippen LogP contribution is 2.30. The summed E-state index contributed by atoms with van der Waals surface area (Å²) in [7, 11) is 0. The summed E-state index contributed by atoms with van der Waals surface area (Å²) in [6, 6.07) is 3.81. The lowest BCUT2D eigenvalue weighted by Gasteiger charge is -2.17. The van der Waals surface area contributed by atoms with Gasteiger partial charge in [0.2, 0.25) is 0 Å². The summed E-state index contributed by atoms with van der Waals surface area (Å²) >= 11 is 9.29. The lowest BCUT2D eigenvalue weighted by molar-refractivity contribution is 0.0946. The molecule has 0 saturated heterocycles. The molecule has 0 saturated carbocycles. The minimum Gasteiger partial charge on any atom is -0.352 e. The monoisotopic (exact) mass is 259 g/mol. The number of carbonyl (C=O) groups excluding carboxylic acids is 1. The molecule has 2 rings (SSSR count). The van der Waals surface area contributed by atoms with Crippen molar-refractivity contribution in [1.29, 1.82) is 0 Å². The van der Waals surface area contributed by atoms with Gasteiger partial charge in [0.1, 0.15) is 0 Å². The molecule has 0 atom stereocenters. The fourth-order valence-corrected chi connectivity index (χ4v) is 2.04. The number of hydrogen-bond donors (Lipinski definition) is 1. The zero-order chi connectivity index (χ0) is 9.42. The summed E-state index contributed by atoms with van der Waals surface area (Å²) in [6.07, 6.45) is 0.855. The van der Waals surface area contributed by atoms with Crippen LogP contribution in [0.5, 0.6) is 0 Å². The van der Waals surface area contributed by atoms with Crippen LogP contribution in [0.25, 0.3) is 0 Å². The van der Waals surface area contributed by atoms with E-state index in [-0.39, 0.29) is 5.91 Å². The van der Waals surface area contributed by atoms with E-state index in [1.54, 1.807) is 0 Å². The second-order valence-corrected chi connectivity index (χ2v) is 4.13. The van der Waals surface area contributed by atoms with Gasteiger partial charge in [-0.1, -0.05) is 17.7 Å². The number of hydrogen-bond acceptors (Lipinski definition) is 1. The van der Waals surface area contributed by atoms with Gasteiger partial charge in [0.25, 0.3) is 5.91 Å². The van der Waals surface area contributed by atoms with Crippen LogP contribution in [0, 0.1) is 0 Å². The summed E-state index contributed by atoms with van der Waals surface area (Å²) in [5.74, 6) is -0.0763.